The molecule has 2 aromatic carbocycles. The van der Waals surface area contributed by atoms with Crippen LogP contribution in [0.5, 0.6) is 0 Å². The maximum Gasteiger partial charge on any atom is 0.125 e. The Hall–Kier alpha value is -1.54. The van der Waals surface area contributed by atoms with Crippen LogP contribution >= 0.6 is 11.6 Å². The molecule has 0 atom stereocenters. The maximum absolute atomic E-state index is 13.8. The fraction of sp³-hybridized carbons (Fsp3) is 0.294. The molecule has 3 rings (SSSR count). The molecule has 0 amide bonds. The van der Waals surface area contributed by atoms with Crippen molar-refractivity contribution in [3.63, 3.8) is 0 Å². The lowest BCUT2D eigenvalue weighted by molar-refractivity contribution is 0.626. The molecule has 1 heterocycles. The summed E-state index contributed by atoms with van der Waals surface area (Å²) in [6.07, 6.45) is 3.37. The Morgan fingerprint density at radius 3 is 2.80 bits per heavy atom. The fourth-order valence-corrected chi connectivity index (χ4v) is 2.98. The van der Waals surface area contributed by atoms with Gasteiger partial charge in [-0.15, -0.1) is 11.6 Å². The highest BCUT2D eigenvalue weighted by molar-refractivity contribution is 6.17. The van der Waals surface area contributed by atoms with Crippen LogP contribution in [0.3, 0.4) is 0 Å². The Kier molecular flexibility index (Phi) is 3.93. The van der Waals surface area contributed by atoms with Gasteiger partial charge in [-0.1, -0.05) is 18.2 Å². The Morgan fingerprint density at radius 2 is 1.95 bits per heavy atom. The maximum atomic E-state index is 13.8. The van der Waals surface area contributed by atoms with E-state index in [1.54, 1.807) is 6.07 Å². The number of nitrogens with zero attached hydrogens (tertiary/aromatic N) is 1. The molecule has 3 heteroatoms. The molecule has 2 aromatic rings. The first-order valence-electron chi connectivity index (χ1n) is 6.99. The highest BCUT2D eigenvalue weighted by atomic mass is 35.5. The van der Waals surface area contributed by atoms with E-state index in [9.17, 15) is 4.39 Å². The van der Waals surface area contributed by atoms with Crippen molar-refractivity contribution in [1.82, 2.24) is 0 Å². The Balaban J connectivity index is 2.07. The highest BCUT2D eigenvalue weighted by Crippen LogP contribution is 2.33. The summed E-state index contributed by atoms with van der Waals surface area (Å²) in [7, 11) is 0. The van der Waals surface area contributed by atoms with E-state index in [0.717, 1.165) is 30.6 Å². The molecule has 0 radical (unpaired) electrons. The van der Waals surface area contributed by atoms with E-state index >= 15 is 0 Å². The van der Waals surface area contributed by atoms with Gasteiger partial charge in [0, 0.05) is 23.8 Å². The van der Waals surface area contributed by atoms with Gasteiger partial charge >= 0.3 is 0 Å². The molecule has 0 saturated carbocycles. The number of hydrogen-bond acceptors (Lipinski definition) is 1. The SMILES string of the molecule is Fc1cc(CCl)cc(N2CCCCc3ccccc32)c1. The first-order chi connectivity index (χ1) is 9.78. The lowest BCUT2D eigenvalue weighted by atomic mass is 10.1. The van der Waals surface area contributed by atoms with Crippen molar-refractivity contribution in [3.8, 4) is 0 Å². The fourth-order valence-electron chi connectivity index (χ4n) is 2.83. The molecule has 104 valence electrons. The van der Waals surface area contributed by atoms with Crippen molar-refractivity contribution in [2.24, 2.45) is 0 Å². The largest absolute Gasteiger partial charge is 0.341 e. The number of hydrogen-bond donors (Lipinski definition) is 0. The lowest BCUT2D eigenvalue weighted by Crippen LogP contribution is -2.18. The van der Waals surface area contributed by atoms with E-state index in [0.29, 0.717) is 5.88 Å². The normalized spacial score (nSPS) is 14.8. The second kappa shape index (κ2) is 5.84. The van der Waals surface area contributed by atoms with Crippen LogP contribution in [-0.4, -0.2) is 6.54 Å². The number of aryl methyl sites for hydroxylation is 1. The van der Waals surface area contributed by atoms with E-state index in [-0.39, 0.29) is 5.82 Å². The van der Waals surface area contributed by atoms with Crippen LogP contribution in [-0.2, 0) is 12.3 Å². The molecule has 0 fully saturated rings. The van der Waals surface area contributed by atoms with E-state index < -0.39 is 0 Å². The van der Waals surface area contributed by atoms with Gasteiger partial charge in [-0.05, 0) is 54.7 Å². The van der Waals surface area contributed by atoms with Gasteiger partial charge in [-0.2, -0.15) is 0 Å². The molecule has 0 N–H and O–H groups in total. The zero-order valence-corrected chi connectivity index (χ0v) is 12.0. The van der Waals surface area contributed by atoms with Crippen molar-refractivity contribution in [3.05, 3.63) is 59.4 Å². The monoisotopic (exact) mass is 289 g/mol. The van der Waals surface area contributed by atoms with Gasteiger partial charge in [-0.3, -0.25) is 0 Å². The summed E-state index contributed by atoms with van der Waals surface area (Å²) in [5.74, 6) is 0.111. The van der Waals surface area contributed by atoms with Gasteiger partial charge in [0.2, 0.25) is 0 Å². The number of anilines is 2. The molecule has 0 aromatic heterocycles. The Labute approximate surface area is 124 Å². The molecular formula is C17H17ClFN. The van der Waals surface area contributed by atoms with Crippen LogP contribution in [0.1, 0.15) is 24.0 Å². The summed E-state index contributed by atoms with van der Waals surface area (Å²) >= 11 is 5.86. The highest BCUT2D eigenvalue weighted by Gasteiger charge is 2.17. The smallest absolute Gasteiger partial charge is 0.125 e. The molecule has 1 aliphatic heterocycles. The van der Waals surface area contributed by atoms with E-state index in [4.69, 9.17) is 11.6 Å². The summed E-state index contributed by atoms with van der Waals surface area (Å²) in [5, 5.41) is 0. The minimum atomic E-state index is -0.222. The Morgan fingerprint density at radius 1 is 1.10 bits per heavy atom. The first-order valence-corrected chi connectivity index (χ1v) is 7.52. The molecule has 20 heavy (non-hydrogen) atoms. The summed E-state index contributed by atoms with van der Waals surface area (Å²) in [5.41, 5.74) is 4.25. The summed E-state index contributed by atoms with van der Waals surface area (Å²) in [6.45, 7) is 0.919. The van der Waals surface area contributed by atoms with Gasteiger partial charge in [0.1, 0.15) is 5.82 Å². The third-order valence-electron chi connectivity index (χ3n) is 3.77. The van der Waals surface area contributed by atoms with Gasteiger partial charge in [0.05, 0.1) is 0 Å². The van der Waals surface area contributed by atoms with Crippen molar-refractivity contribution >= 4 is 23.0 Å². The average molecular weight is 290 g/mol. The molecule has 0 saturated heterocycles. The molecule has 0 unspecified atom stereocenters. The summed E-state index contributed by atoms with van der Waals surface area (Å²) in [6, 6.07) is 13.5. The van der Waals surface area contributed by atoms with Gasteiger partial charge < -0.3 is 4.90 Å². The van der Waals surface area contributed by atoms with E-state index in [1.807, 2.05) is 12.1 Å². The molecule has 0 aliphatic carbocycles. The lowest BCUT2D eigenvalue weighted by Gasteiger charge is -2.25. The minimum Gasteiger partial charge on any atom is -0.341 e. The van der Waals surface area contributed by atoms with Crippen molar-refractivity contribution < 1.29 is 4.39 Å². The number of fused-ring (bicyclic) bond motifs is 1. The van der Waals surface area contributed by atoms with Gasteiger partial charge in [0.25, 0.3) is 0 Å². The summed E-state index contributed by atoms with van der Waals surface area (Å²) in [4.78, 5) is 2.21. The van der Waals surface area contributed by atoms with Crippen LogP contribution in [0.4, 0.5) is 15.8 Å². The second-order valence-corrected chi connectivity index (χ2v) is 5.46. The zero-order chi connectivity index (χ0) is 13.9. The number of alkyl halides is 1. The first kappa shape index (κ1) is 13.4. The van der Waals surface area contributed by atoms with Crippen LogP contribution < -0.4 is 4.90 Å². The van der Waals surface area contributed by atoms with Crippen LogP contribution in [0.15, 0.2) is 42.5 Å². The van der Waals surface area contributed by atoms with E-state index in [1.165, 1.54) is 23.7 Å². The quantitative estimate of drug-likeness (QED) is 0.700. The molecule has 0 spiro atoms. The molecular weight excluding hydrogens is 273 g/mol. The van der Waals surface area contributed by atoms with Crippen LogP contribution in [0.2, 0.25) is 0 Å². The minimum absolute atomic E-state index is 0.222. The number of benzene rings is 2. The van der Waals surface area contributed by atoms with E-state index in [2.05, 4.69) is 23.1 Å². The van der Waals surface area contributed by atoms with Gasteiger partial charge in [-0.25, -0.2) is 4.39 Å². The molecule has 1 aliphatic rings. The topological polar surface area (TPSA) is 3.24 Å². The predicted octanol–water partition coefficient (Wildman–Crippen LogP) is 5.04. The average Bonchev–Trinajstić information content (AvgIpc) is 2.69. The molecule has 0 bridgehead atoms. The predicted molar refractivity (Wildman–Crippen MR) is 82.3 cm³/mol. The van der Waals surface area contributed by atoms with Crippen molar-refractivity contribution in [2.45, 2.75) is 25.1 Å². The standard InChI is InChI=1S/C17H17ClFN/c18-12-13-9-15(19)11-16(10-13)20-8-4-3-6-14-5-1-2-7-17(14)20/h1-2,5,7,9-11H,3-4,6,8,12H2. The van der Waals surface area contributed by atoms with Crippen molar-refractivity contribution in [2.75, 3.05) is 11.4 Å². The third-order valence-corrected chi connectivity index (χ3v) is 4.08. The number of rotatable bonds is 2. The summed E-state index contributed by atoms with van der Waals surface area (Å²) < 4.78 is 13.8. The Bertz CT molecular complexity index is 612. The third kappa shape index (κ3) is 2.66. The molecule has 1 nitrogen and oxygen atoms in total. The second-order valence-electron chi connectivity index (χ2n) is 5.19. The zero-order valence-electron chi connectivity index (χ0n) is 11.3. The van der Waals surface area contributed by atoms with Crippen molar-refractivity contribution in [1.29, 1.82) is 0 Å². The van der Waals surface area contributed by atoms with Gasteiger partial charge in [0.15, 0.2) is 0 Å². The van der Waals surface area contributed by atoms with Crippen LogP contribution in [0, 0.1) is 5.82 Å². The number of para-hydroxylation sites is 1. The number of halogens is 2. The van der Waals surface area contributed by atoms with Crippen LogP contribution in [0.25, 0.3) is 0 Å².